The second-order valence-electron chi connectivity index (χ2n) is 6.36. The van der Waals surface area contributed by atoms with Gasteiger partial charge in [0.1, 0.15) is 5.75 Å². The minimum absolute atomic E-state index is 0.767. The van der Waals surface area contributed by atoms with Crippen LogP contribution in [0.15, 0.2) is 24.3 Å². The Morgan fingerprint density at radius 3 is 2.33 bits per heavy atom. The van der Waals surface area contributed by atoms with Crippen LogP contribution in [0, 0.1) is 6.92 Å². The summed E-state index contributed by atoms with van der Waals surface area (Å²) in [6.45, 7) is 4.07. The van der Waals surface area contributed by atoms with Crippen molar-refractivity contribution in [3.05, 3.63) is 29.8 Å². The number of aryl methyl sites for hydroxylation is 1. The van der Waals surface area contributed by atoms with E-state index in [1.807, 2.05) is 0 Å². The number of hydrogen-bond acceptors (Lipinski definition) is 2. The molecule has 0 radical (unpaired) electrons. The molecule has 2 rings (SSSR count). The van der Waals surface area contributed by atoms with E-state index in [1.165, 1.54) is 56.9 Å². The lowest BCUT2D eigenvalue weighted by Crippen LogP contribution is -2.30. The largest absolute Gasteiger partial charge is 0.494 e. The van der Waals surface area contributed by atoms with E-state index in [9.17, 15) is 0 Å². The van der Waals surface area contributed by atoms with Crippen molar-refractivity contribution >= 4 is 0 Å². The fraction of sp³-hybridized carbons (Fsp3) is 0.684. The first-order chi connectivity index (χ1) is 10.3. The Labute approximate surface area is 130 Å². The second kappa shape index (κ2) is 9.83. The molecule has 0 saturated heterocycles. The van der Waals surface area contributed by atoms with Crippen molar-refractivity contribution < 1.29 is 4.74 Å². The average molecular weight is 289 g/mol. The van der Waals surface area contributed by atoms with Crippen LogP contribution in [0.2, 0.25) is 0 Å². The highest BCUT2D eigenvalue weighted by Crippen LogP contribution is 2.17. The molecule has 0 amide bonds. The summed E-state index contributed by atoms with van der Waals surface area (Å²) in [6.07, 6.45) is 12.2. The van der Waals surface area contributed by atoms with Crippen molar-refractivity contribution in [2.75, 3.05) is 13.2 Å². The Morgan fingerprint density at radius 2 is 1.62 bits per heavy atom. The van der Waals surface area contributed by atoms with E-state index in [1.54, 1.807) is 0 Å². The highest BCUT2D eigenvalue weighted by atomic mass is 16.5. The van der Waals surface area contributed by atoms with E-state index in [4.69, 9.17) is 4.74 Å². The zero-order valence-electron chi connectivity index (χ0n) is 13.6. The van der Waals surface area contributed by atoms with Crippen LogP contribution in [0.1, 0.15) is 63.4 Å². The van der Waals surface area contributed by atoms with Crippen molar-refractivity contribution in [1.82, 2.24) is 5.32 Å². The van der Waals surface area contributed by atoms with Gasteiger partial charge >= 0.3 is 0 Å². The summed E-state index contributed by atoms with van der Waals surface area (Å²) in [4.78, 5) is 0. The van der Waals surface area contributed by atoms with E-state index in [2.05, 4.69) is 36.5 Å². The Hall–Kier alpha value is -1.02. The van der Waals surface area contributed by atoms with Crippen LogP contribution in [-0.2, 0) is 0 Å². The summed E-state index contributed by atoms with van der Waals surface area (Å²) < 4.78 is 5.76. The third-order valence-electron chi connectivity index (χ3n) is 4.40. The SMILES string of the molecule is Cc1ccc(OCCCCNC2CCCCCCC2)cc1. The fourth-order valence-electron chi connectivity index (χ4n) is 3.02. The van der Waals surface area contributed by atoms with Crippen molar-refractivity contribution in [2.24, 2.45) is 0 Å². The molecule has 1 saturated carbocycles. The van der Waals surface area contributed by atoms with Crippen molar-refractivity contribution in [3.8, 4) is 5.75 Å². The van der Waals surface area contributed by atoms with Gasteiger partial charge in [-0.05, 0) is 51.3 Å². The fourth-order valence-corrected chi connectivity index (χ4v) is 3.02. The number of benzene rings is 1. The highest BCUT2D eigenvalue weighted by molar-refractivity contribution is 5.26. The lowest BCUT2D eigenvalue weighted by atomic mass is 9.97. The van der Waals surface area contributed by atoms with Crippen molar-refractivity contribution in [1.29, 1.82) is 0 Å². The quantitative estimate of drug-likeness (QED) is 0.724. The lowest BCUT2D eigenvalue weighted by Gasteiger charge is -2.21. The molecule has 21 heavy (non-hydrogen) atoms. The Morgan fingerprint density at radius 1 is 0.952 bits per heavy atom. The minimum Gasteiger partial charge on any atom is -0.494 e. The van der Waals surface area contributed by atoms with E-state index in [0.29, 0.717) is 0 Å². The zero-order chi connectivity index (χ0) is 14.8. The van der Waals surface area contributed by atoms with Crippen LogP contribution in [0.3, 0.4) is 0 Å². The van der Waals surface area contributed by atoms with Crippen LogP contribution >= 0.6 is 0 Å². The van der Waals surface area contributed by atoms with Crippen LogP contribution in [0.4, 0.5) is 0 Å². The number of hydrogen-bond donors (Lipinski definition) is 1. The highest BCUT2D eigenvalue weighted by Gasteiger charge is 2.09. The van der Waals surface area contributed by atoms with Gasteiger partial charge in [0.25, 0.3) is 0 Å². The molecule has 1 aliphatic rings. The third-order valence-corrected chi connectivity index (χ3v) is 4.40. The molecular formula is C19H31NO. The number of ether oxygens (including phenoxy) is 1. The summed E-state index contributed by atoms with van der Waals surface area (Å²) >= 11 is 0. The first kappa shape index (κ1) is 16.4. The van der Waals surface area contributed by atoms with Gasteiger partial charge in [-0.2, -0.15) is 0 Å². The topological polar surface area (TPSA) is 21.3 Å². The Bertz CT molecular complexity index is 366. The van der Waals surface area contributed by atoms with Crippen molar-refractivity contribution in [2.45, 2.75) is 70.8 Å². The molecule has 118 valence electrons. The van der Waals surface area contributed by atoms with Crippen LogP contribution in [-0.4, -0.2) is 19.2 Å². The van der Waals surface area contributed by atoms with Gasteiger partial charge in [0.2, 0.25) is 0 Å². The molecule has 1 N–H and O–H groups in total. The molecule has 1 aliphatic carbocycles. The molecule has 0 aromatic heterocycles. The van der Waals surface area contributed by atoms with Gasteiger partial charge in [-0.15, -0.1) is 0 Å². The molecule has 1 aromatic carbocycles. The summed E-state index contributed by atoms with van der Waals surface area (Å²) in [7, 11) is 0. The maximum atomic E-state index is 5.76. The maximum absolute atomic E-state index is 5.76. The van der Waals surface area contributed by atoms with Gasteiger partial charge in [0.15, 0.2) is 0 Å². The smallest absolute Gasteiger partial charge is 0.119 e. The van der Waals surface area contributed by atoms with E-state index < -0.39 is 0 Å². The normalized spacial score (nSPS) is 17.2. The van der Waals surface area contributed by atoms with Crippen LogP contribution in [0.5, 0.6) is 5.75 Å². The lowest BCUT2D eigenvalue weighted by molar-refractivity contribution is 0.302. The first-order valence-corrected chi connectivity index (χ1v) is 8.77. The van der Waals surface area contributed by atoms with Crippen molar-refractivity contribution in [3.63, 3.8) is 0 Å². The van der Waals surface area contributed by atoms with Gasteiger partial charge in [-0.1, -0.05) is 49.8 Å². The molecule has 1 fully saturated rings. The van der Waals surface area contributed by atoms with E-state index in [0.717, 1.165) is 31.4 Å². The minimum atomic E-state index is 0.767. The summed E-state index contributed by atoms with van der Waals surface area (Å²) in [5, 5.41) is 3.74. The Balaban J connectivity index is 1.50. The molecule has 0 heterocycles. The second-order valence-corrected chi connectivity index (χ2v) is 6.36. The molecule has 0 atom stereocenters. The molecule has 1 aromatic rings. The van der Waals surface area contributed by atoms with Gasteiger partial charge in [0.05, 0.1) is 6.61 Å². The monoisotopic (exact) mass is 289 g/mol. The molecule has 0 aliphatic heterocycles. The summed E-state index contributed by atoms with van der Waals surface area (Å²) in [5.41, 5.74) is 1.28. The van der Waals surface area contributed by atoms with Gasteiger partial charge in [-0.3, -0.25) is 0 Å². The van der Waals surface area contributed by atoms with Gasteiger partial charge in [0, 0.05) is 6.04 Å². The number of unbranched alkanes of at least 4 members (excludes halogenated alkanes) is 1. The number of rotatable bonds is 7. The van der Waals surface area contributed by atoms with E-state index in [-0.39, 0.29) is 0 Å². The molecule has 0 spiro atoms. The predicted molar refractivity (Wildman–Crippen MR) is 90.0 cm³/mol. The average Bonchev–Trinajstić information content (AvgIpc) is 2.46. The number of nitrogens with one attached hydrogen (secondary N) is 1. The van der Waals surface area contributed by atoms with Crippen LogP contribution in [0.25, 0.3) is 0 Å². The summed E-state index contributed by atoms with van der Waals surface area (Å²) in [6, 6.07) is 9.09. The molecule has 2 heteroatoms. The standard InChI is InChI=1S/C19H31NO/c1-17-11-13-19(14-12-17)21-16-8-7-15-20-18-9-5-3-2-4-6-10-18/h11-14,18,20H,2-10,15-16H2,1H3. The maximum Gasteiger partial charge on any atom is 0.119 e. The zero-order valence-corrected chi connectivity index (χ0v) is 13.6. The van der Waals surface area contributed by atoms with Gasteiger partial charge < -0.3 is 10.1 Å². The van der Waals surface area contributed by atoms with Crippen LogP contribution < -0.4 is 10.1 Å². The molecular weight excluding hydrogens is 258 g/mol. The van der Waals surface area contributed by atoms with Gasteiger partial charge in [-0.25, -0.2) is 0 Å². The first-order valence-electron chi connectivity index (χ1n) is 8.77. The Kier molecular flexibility index (Phi) is 7.66. The molecule has 0 unspecified atom stereocenters. The molecule has 2 nitrogen and oxygen atoms in total. The predicted octanol–water partition coefficient (Wildman–Crippen LogP) is 4.86. The summed E-state index contributed by atoms with van der Waals surface area (Å²) in [5.74, 6) is 0.994. The molecule has 0 bridgehead atoms. The van der Waals surface area contributed by atoms with E-state index >= 15 is 0 Å². The third kappa shape index (κ3) is 6.99.